The van der Waals surface area contributed by atoms with E-state index in [4.69, 9.17) is 5.73 Å². The normalized spacial score (nSPS) is 19.4. The smallest absolute Gasteiger partial charge is 0.173 e. The van der Waals surface area contributed by atoms with Crippen LogP contribution in [0.25, 0.3) is 5.57 Å². The molecule has 0 radical (unpaired) electrons. The minimum atomic E-state index is -0.472. The highest BCUT2D eigenvalue weighted by atomic mass is 32.2. The quantitative estimate of drug-likeness (QED) is 0.911. The number of nitrogens with zero attached hydrogens (tertiary/aromatic N) is 2. The van der Waals surface area contributed by atoms with E-state index in [1.54, 1.807) is 6.92 Å². The Hall–Kier alpha value is -1.66. The number of hydrogen-bond acceptors (Lipinski definition) is 4. The molecule has 3 rings (SSSR count). The Labute approximate surface area is 126 Å². The molecule has 0 spiro atoms. The van der Waals surface area contributed by atoms with Crippen LogP contribution in [0.2, 0.25) is 0 Å². The first kappa shape index (κ1) is 14.3. The van der Waals surface area contributed by atoms with Crippen LogP contribution < -0.4 is 5.73 Å². The lowest BCUT2D eigenvalue weighted by Crippen LogP contribution is -2.33. The highest BCUT2D eigenvalue weighted by molar-refractivity contribution is 8.16. The van der Waals surface area contributed by atoms with Gasteiger partial charge >= 0.3 is 0 Å². The van der Waals surface area contributed by atoms with Crippen LogP contribution in [0.1, 0.15) is 19.4 Å². The molecule has 0 aromatic heterocycles. The summed E-state index contributed by atoms with van der Waals surface area (Å²) in [6.07, 6.45) is 0. The Morgan fingerprint density at radius 1 is 1.38 bits per heavy atom. The first-order chi connectivity index (χ1) is 9.97. The molecule has 0 bridgehead atoms. The largest absolute Gasteiger partial charge is 0.323 e. The summed E-state index contributed by atoms with van der Waals surface area (Å²) >= 11 is 1.52. The Balaban J connectivity index is 2.14. The third-order valence-corrected chi connectivity index (χ3v) is 4.50. The molecule has 3 nitrogen and oxygen atoms in total. The predicted octanol–water partition coefficient (Wildman–Crippen LogP) is 3.30. The van der Waals surface area contributed by atoms with Gasteiger partial charge in [-0.2, -0.15) is 0 Å². The summed E-state index contributed by atoms with van der Waals surface area (Å²) in [7, 11) is 0. The number of nitrogens with two attached hydrogens (primary N) is 1. The molecule has 2 aliphatic heterocycles. The molecular formula is C15H15F2N3S. The third kappa shape index (κ3) is 2.49. The van der Waals surface area contributed by atoms with Gasteiger partial charge in [0.1, 0.15) is 11.6 Å². The molecule has 0 fully saturated rings. The molecule has 110 valence electrons. The molecule has 1 unspecified atom stereocenters. The lowest BCUT2D eigenvalue weighted by atomic mass is 9.98. The number of allylic oxidation sites excluding steroid dienone is 1. The van der Waals surface area contributed by atoms with Gasteiger partial charge in [-0.3, -0.25) is 0 Å². The molecule has 1 atom stereocenters. The van der Waals surface area contributed by atoms with E-state index in [1.165, 1.54) is 17.8 Å². The van der Waals surface area contributed by atoms with Gasteiger partial charge in [0, 0.05) is 22.9 Å². The van der Waals surface area contributed by atoms with Crippen molar-refractivity contribution < 1.29 is 8.78 Å². The van der Waals surface area contributed by atoms with Crippen molar-refractivity contribution in [1.29, 1.82) is 0 Å². The summed E-state index contributed by atoms with van der Waals surface area (Å²) in [5, 5.41) is 2.82. The van der Waals surface area contributed by atoms with Crippen LogP contribution in [0, 0.1) is 11.6 Å². The molecule has 1 aromatic rings. The van der Waals surface area contributed by atoms with Gasteiger partial charge in [0.15, 0.2) is 5.17 Å². The number of halogens is 2. The molecule has 0 saturated heterocycles. The Morgan fingerprint density at radius 2 is 2.14 bits per heavy atom. The zero-order valence-electron chi connectivity index (χ0n) is 11.7. The third-order valence-electron chi connectivity index (χ3n) is 3.52. The number of amidine groups is 1. The van der Waals surface area contributed by atoms with Crippen molar-refractivity contribution in [2.75, 3.05) is 6.54 Å². The highest BCUT2D eigenvalue weighted by Gasteiger charge is 2.29. The predicted molar refractivity (Wildman–Crippen MR) is 82.4 cm³/mol. The molecule has 6 heteroatoms. The standard InChI is InChI=1S/C15H15F2N3S/c1-8-7-21-15-19-14(9(2)18)12(6-20(8)15)11-5-10(16)3-4-13(11)17/h3-5,7,9H,6,18H2,1-2H3. The van der Waals surface area contributed by atoms with Crippen LogP contribution in [0.4, 0.5) is 8.78 Å². The lowest BCUT2D eigenvalue weighted by Gasteiger charge is -2.29. The van der Waals surface area contributed by atoms with E-state index < -0.39 is 11.6 Å². The molecule has 0 saturated carbocycles. The van der Waals surface area contributed by atoms with Gasteiger partial charge in [-0.25, -0.2) is 13.8 Å². The van der Waals surface area contributed by atoms with Crippen molar-refractivity contribution in [3.05, 3.63) is 52.2 Å². The average Bonchev–Trinajstić information content (AvgIpc) is 2.81. The average molecular weight is 307 g/mol. The Morgan fingerprint density at radius 3 is 2.86 bits per heavy atom. The number of rotatable bonds is 2. The fourth-order valence-electron chi connectivity index (χ4n) is 2.43. The van der Waals surface area contributed by atoms with E-state index in [0.717, 1.165) is 23.0 Å². The maximum atomic E-state index is 14.1. The summed E-state index contributed by atoms with van der Waals surface area (Å²) in [5.41, 5.74) is 8.50. The van der Waals surface area contributed by atoms with Gasteiger partial charge in [0.25, 0.3) is 0 Å². The van der Waals surface area contributed by atoms with E-state index in [9.17, 15) is 8.78 Å². The first-order valence-electron chi connectivity index (χ1n) is 6.61. The van der Waals surface area contributed by atoms with Crippen molar-refractivity contribution in [3.8, 4) is 0 Å². The molecular weight excluding hydrogens is 292 g/mol. The molecule has 1 aromatic carbocycles. The maximum Gasteiger partial charge on any atom is 0.173 e. The van der Waals surface area contributed by atoms with Crippen molar-refractivity contribution >= 4 is 22.5 Å². The summed E-state index contributed by atoms with van der Waals surface area (Å²) in [6.45, 7) is 4.21. The van der Waals surface area contributed by atoms with Crippen LogP contribution in [0.15, 0.2) is 40.0 Å². The van der Waals surface area contributed by atoms with Crippen molar-refractivity contribution in [3.63, 3.8) is 0 Å². The van der Waals surface area contributed by atoms with E-state index in [2.05, 4.69) is 4.99 Å². The fraction of sp³-hybridized carbons (Fsp3) is 0.267. The van der Waals surface area contributed by atoms with Crippen LogP contribution in [-0.2, 0) is 0 Å². The van der Waals surface area contributed by atoms with Gasteiger partial charge in [-0.1, -0.05) is 11.8 Å². The molecule has 2 heterocycles. The van der Waals surface area contributed by atoms with Gasteiger partial charge < -0.3 is 10.6 Å². The number of fused-ring (bicyclic) bond motifs is 1. The highest BCUT2D eigenvalue weighted by Crippen LogP contribution is 2.36. The second kappa shape index (κ2) is 5.27. The van der Waals surface area contributed by atoms with Crippen molar-refractivity contribution in [2.24, 2.45) is 10.7 Å². The maximum absolute atomic E-state index is 14.1. The van der Waals surface area contributed by atoms with E-state index in [1.807, 2.05) is 17.2 Å². The number of aliphatic imine (C=N–C) groups is 1. The van der Waals surface area contributed by atoms with Crippen LogP contribution in [0.3, 0.4) is 0 Å². The lowest BCUT2D eigenvalue weighted by molar-refractivity contribution is 0.569. The topological polar surface area (TPSA) is 41.6 Å². The van der Waals surface area contributed by atoms with Crippen molar-refractivity contribution in [2.45, 2.75) is 19.9 Å². The second-order valence-electron chi connectivity index (χ2n) is 5.13. The number of hydrogen-bond donors (Lipinski definition) is 1. The van der Waals surface area contributed by atoms with E-state index in [-0.39, 0.29) is 11.6 Å². The summed E-state index contributed by atoms with van der Waals surface area (Å²) in [6, 6.07) is 3.10. The summed E-state index contributed by atoms with van der Waals surface area (Å²) < 4.78 is 27.6. The number of thioether (sulfide) groups is 1. The minimum absolute atomic E-state index is 0.231. The SMILES string of the molecule is CC1=CSC2=NC(C(C)N)=C(c3cc(F)ccc3F)CN12. The van der Waals surface area contributed by atoms with Crippen LogP contribution >= 0.6 is 11.8 Å². The fourth-order valence-corrected chi connectivity index (χ4v) is 3.32. The first-order valence-corrected chi connectivity index (χ1v) is 7.49. The molecule has 2 N–H and O–H groups in total. The zero-order valence-corrected chi connectivity index (χ0v) is 12.5. The monoisotopic (exact) mass is 307 g/mol. The Kier molecular flexibility index (Phi) is 3.59. The number of benzene rings is 1. The molecule has 21 heavy (non-hydrogen) atoms. The zero-order chi connectivity index (χ0) is 15.1. The van der Waals surface area contributed by atoms with Crippen LogP contribution in [0.5, 0.6) is 0 Å². The van der Waals surface area contributed by atoms with Crippen LogP contribution in [-0.4, -0.2) is 22.7 Å². The van der Waals surface area contributed by atoms with Gasteiger partial charge in [0.05, 0.1) is 12.2 Å². The van der Waals surface area contributed by atoms with Crippen molar-refractivity contribution in [1.82, 2.24) is 4.90 Å². The van der Waals surface area contributed by atoms with Gasteiger partial charge in [0.2, 0.25) is 0 Å². The Bertz CT molecular complexity index is 692. The summed E-state index contributed by atoms with van der Waals surface area (Å²) in [5.74, 6) is -0.933. The van der Waals surface area contributed by atoms with E-state index in [0.29, 0.717) is 17.8 Å². The van der Waals surface area contributed by atoms with E-state index >= 15 is 0 Å². The van der Waals surface area contributed by atoms with Gasteiger partial charge in [-0.05, 0) is 37.5 Å². The minimum Gasteiger partial charge on any atom is -0.323 e. The second-order valence-corrected chi connectivity index (χ2v) is 5.97. The molecule has 0 aliphatic carbocycles. The molecule has 2 aliphatic rings. The molecule has 0 amide bonds. The summed E-state index contributed by atoms with van der Waals surface area (Å²) in [4.78, 5) is 6.52. The van der Waals surface area contributed by atoms with Gasteiger partial charge in [-0.15, -0.1) is 0 Å².